The van der Waals surface area contributed by atoms with Crippen LogP contribution in [0.25, 0.3) is 0 Å². The Morgan fingerprint density at radius 2 is 1.90 bits per heavy atom. The van der Waals surface area contributed by atoms with Crippen LogP contribution in [0, 0.1) is 5.92 Å². The first-order valence-electron chi connectivity index (χ1n) is 7.28. The second kappa shape index (κ2) is 7.22. The van der Waals surface area contributed by atoms with Gasteiger partial charge in [0.15, 0.2) is 5.69 Å². The van der Waals surface area contributed by atoms with Crippen molar-refractivity contribution in [1.29, 1.82) is 0 Å². The Morgan fingerprint density at radius 1 is 1.25 bits per heavy atom. The molecule has 0 aliphatic rings. The molecule has 5 nitrogen and oxygen atoms in total. The highest BCUT2D eigenvalue weighted by molar-refractivity contribution is 5.97. The average molecular weight is 278 g/mol. The molecule has 1 aromatic rings. The summed E-state index contributed by atoms with van der Waals surface area (Å²) in [5.74, 6) is 1.12. The largest absolute Gasteiger partial charge is 0.382 e. The molecule has 0 saturated carbocycles. The maximum atomic E-state index is 12.4. The Labute approximate surface area is 121 Å². The minimum absolute atomic E-state index is 0.106. The van der Waals surface area contributed by atoms with Gasteiger partial charge in [-0.05, 0) is 19.8 Å². The molecule has 0 bridgehead atoms. The van der Waals surface area contributed by atoms with Gasteiger partial charge in [-0.25, -0.2) is 9.97 Å². The van der Waals surface area contributed by atoms with Gasteiger partial charge in [0.1, 0.15) is 5.82 Å². The fraction of sp³-hybridized carbons (Fsp3) is 0.667. The molecule has 0 spiro atoms. The quantitative estimate of drug-likeness (QED) is 0.839. The summed E-state index contributed by atoms with van der Waals surface area (Å²) in [6.07, 6.45) is 1.70. The van der Waals surface area contributed by atoms with E-state index in [0.29, 0.717) is 23.1 Å². The molecular weight excluding hydrogens is 252 g/mol. The van der Waals surface area contributed by atoms with E-state index in [-0.39, 0.29) is 17.9 Å². The molecule has 0 saturated heterocycles. The van der Waals surface area contributed by atoms with Gasteiger partial charge in [0.2, 0.25) is 0 Å². The van der Waals surface area contributed by atoms with Crippen molar-refractivity contribution in [2.24, 2.45) is 5.92 Å². The number of carbonyl (C=O) groups excluding carboxylic acids is 1. The Balaban J connectivity index is 3.05. The lowest BCUT2D eigenvalue weighted by Crippen LogP contribution is -2.37. The number of aromatic nitrogens is 2. The van der Waals surface area contributed by atoms with Gasteiger partial charge in [-0.3, -0.25) is 4.79 Å². The fourth-order valence-corrected chi connectivity index (χ4v) is 1.61. The third-order valence-electron chi connectivity index (χ3n) is 3.26. The van der Waals surface area contributed by atoms with E-state index in [0.717, 1.165) is 6.54 Å². The summed E-state index contributed by atoms with van der Waals surface area (Å²) in [6, 6.07) is 0.106. The van der Waals surface area contributed by atoms with Crippen molar-refractivity contribution in [3.63, 3.8) is 0 Å². The van der Waals surface area contributed by atoms with Crippen molar-refractivity contribution in [2.75, 3.05) is 11.9 Å². The van der Waals surface area contributed by atoms with Crippen LogP contribution in [0.15, 0.2) is 6.20 Å². The molecule has 0 radical (unpaired) electrons. The second-order valence-electron chi connectivity index (χ2n) is 5.68. The zero-order valence-electron chi connectivity index (χ0n) is 13.3. The fourth-order valence-electron chi connectivity index (χ4n) is 1.61. The predicted octanol–water partition coefficient (Wildman–Crippen LogP) is 2.81. The van der Waals surface area contributed by atoms with E-state index in [9.17, 15) is 4.79 Å². The number of carbonyl (C=O) groups is 1. The maximum absolute atomic E-state index is 12.4. The minimum Gasteiger partial charge on any atom is -0.382 e. The van der Waals surface area contributed by atoms with Crippen LogP contribution in [-0.2, 0) is 0 Å². The molecule has 0 aromatic carbocycles. The molecule has 1 amide bonds. The van der Waals surface area contributed by atoms with E-state index in [2.05, 4.69) is 34.4 Å². The predicted molar refractivity (Wildman–Crippen MR) is 82.1 cm³/mol. The van der Waals surface area contributed by atoms with Crippen LogP contribution < -0.4 is 10.6 Å². The number of nitrogens with zero attached hydrogens (tertiary/aromatic N) is 2. The Bertz CT molecular complexity index is 457. The van der Waals surface area contributed by atoms with E-state index in [1.807, 2.05) is 27.7 Å². The van der Waals surface area contributed by atoms with Crippen LogP contribution in [-0.4, -0.2) is 28.5 Å². The van der Waals surface area contributed by atoms with E-state index in [4.69, 9.17) is 0 Å². The average Bonchev–Trinajstić information content (AvgIpc) is 2.38. The normalized spacial score (nSPS) is 12.6. The lowest BCUT2D eigenvalue weighted by Gasteiger charge is -2.19. The van der Waals surface area contributed by atoms with Crippen LogP contribution in [0.2, 0.25) is 0 Å². The molecule has 5 heteroatoms. The molecule has 0 fully saturated rings. The van der Waals surface area contributed by atoms with Gasteiger partial charge in [-0.15, -0.1) is 0 Å². The highest BCUT2D eigenvalue weighted by Gasteiger charge is 2.19. The summed E-state index contributed by atoms with van der Waals surface area (Å²) < 4.78 is 0. The molecule has 1 unspecified atom stereocenters. The van der Waals surface area contributed by atoms with Gasteiger partial charge in [0.25, 0.3) is 5.91 Å². The molecular formula is C15H26N4O. The number of rotatable bonds is 6. The first-order valence-corrected chi connectivity index (χ1v) is 7.28. The Morgan fingerprint density at radius 3 is 2.40 bits per heavy atom. The molecule has 20 heavy (non-hydrogen) atoms. The number of nitrogens with one attached hydrogen (secondary N) is 2. The first kappa shape index (κ1) is 16.4. The number of hydrogen-bond acceptors (Lipinski definition) is 4. The van der Waals surface area contributed by atoms with Crippen LogP contribution in [0.3, 0.4) is 0 Å². The lowest BCUT2D eigenvalue weighted by molar-refractivity contribution is 0.0926. The van der Waals surface area contributed by atoms with Crippen LogP contribution >= 0.6 is 0 Å². The SMILES string of the molecule is CCNc1cnc(C(C)C)nc1C(=O)NC(C)C(C)C. The number of hydrogen-bond donors (Lipinski definition) is 2. The van der Waals surface area contributed by atoms with E-state index in [1.165, 1.54) is 0 Å². The lowest BCUT2D eigenvalue weighted by atomic mass is 10.1. The molecule has 1 atom stereocenters. The molecule has 1 aromatic heterocycles. The topological polar surface area (TPSA) is 66.9 Å². The Kier molecular flexibility index (Phi) is 5.92. The van der Waals surface area contributed by atoms with Gasteiger partial charge >= 0.3 is 0 Å². The van der Waals surface area contributed by atoms with Gasteiger partial charge in [-0.1, -0.05) is 27.7 Å². The zero-order chi connectivity index (χ0) is 15.3. The summed E-state index contributed by atoms with van der Waals surface area (Å²) in [6.45, 7) is 12.9. The summed E-state index contributed by atoms with van der Waals surface area (Å²) in [5, 5.41) is 6.13. The molecule has 0 aliphatic heterocycles. The van der Waals surface area contributed by atoms with Gasteiger partial charge in [-0.2, -0.15) is 0 Å². The van der Waals surface area contributed by atoms with Crippen molar-refractivity contribution in [3.05, 3.63) is 17.7 Å². The Hall–Kier alpha value is -1.65. The number of amides is 1. The number of anilines is 1. The van der Waals surface area contributed by atoms with E-state index in [1.54, 1.807) is 6.20 Å². The molecule has 112 valence electrons. The standard InChI is InChI=1S/C15H26N4O/c1-7-16-12-8-17-14(10(4)5)19-13(12)15(20)18-11(6)9(2)3/h8-11,16H,7H2,1-6H3,(H,18,20). The van der Waals surface area contributed by atoms with E-state index >= 15 is 0 Å². The molecule has 1 rings (SSSR count). The summed E-state index contributed by atoms with van der Waals surface area (Å²) in [5.41, 5.74) is 1.11. The van der Waals surface area contributed by atoms with Crippen LogP contribution in [0.4, 0.5) is 5.69 Å². The van der Waals surface area contributed by atoms with Crippen LogP contribution in [0.5, 0.6) is 0 Å². The molecule has 0 aliphatic carbocycles. The summed E-state index contributed by atoms with van der Waals surface area (Å²) >= 11 is 0. The monoisotopic (exact) mass is 278 g/mol. The van der Waals surface area contributed by atoms with E-state index < -0.39 is 0 Å². The third kappa shape index (κ3) is 4.18. The van der Waals surface area contributed by atoms with Gasteiger partial charge < -0.3 is 10.6 Å². The van der Waals surface area contributed by atoms with Crippen molar-refractivity contribution in [2.45, 2.75) is 53.5 Å². The second-order valence-corrected chi connectivity index (χ2v) is 5.68. The van der Waals surface area contributed by atoms with Crippen molar-refractivity contribution in [3.8, 4) is 0 Å². The zero-order valence-corrected chi connectivity index (χ0v) is 13.3. The summed E-state index contributed by atoms with van der Waals surface area (Å²) in [4.78, 5) is 21.1. The van der Waals surface area contributed by atoms with Crippen molar-refractivity contribution < 1.29 is 4.79 Å². The van der Waals surface area contributed by atoms with Gasteiger partial charge in [0.05, 0.1) is 11.9 Å². The van der Waals surface area contributed by atoms with Crippen molar-refractivity contribution >= 4 is 11.6 Å². The van der Waals surface area contributed by atoms with Crippen molar-refractivity contribution in [1.82, 2.24) is 15.3 Å². The molecule has 2 N–H and O–H groups in total. The minimum atomic E-state index is -0.147. The van der Waals surface area contributed by atoms with Crippen LogP contribution in [0.1, 0.15) is 63.8 Å². The highest BCUT2D eigenvalue weighted by atomic mass is 16.2. The smallest absolute Gasteiger partial charge is 0.272 e. The highest BCUT2D eigenvalue weighted by Crippen LogP contribution is 2.16. The van der Waals surface area contributed by atoms with Gasteiger partial charge in [0, 0.05) is 18.5 Å². The molecule has 1 heterocycles. The maximum Gasteiger partial charge on any atom is 0.272 e. The summed E-state index contributed by atoms with van der Waals surface area (Å²) in [7, 11) is 0. The first-order chi connectivity index (χ1) is 9.36. The third-order valence-corrected chi connectivity index (χ3v) is 3.26.